The number of hydrogen-bond donors (Lipinski definition) is 3. The normalized spacial score (nSPS) is 11.0. The molecule has 0 spiro atoms. The molecule has 4 N–H and O–H groups in total. The molecule has 0 aliphatic rings. The summed E-state index contributed by atoms with van der Waals surface area (Å²) >= 11 is 6.65. The van der Waals surface area contributed by atoms with E-state index < -0.39 is 21.8 Å². The Morgan fingerprint density at radius 2 is 1.70 bits per heavy atom. The predicted octanol–water partition coefficient (Wildman–Crippen LogP) is 1.49. The molecule has 4 heterocycles. The number of primary amides is 1. The first kappa shape index (κ1) is 34.3. The second-order valence-electron chi connectivity index (χ2n) is 8.94. The number of aromatic nitrogens is 9. The molecule has 21 heteroatoms. The number of imidazole rings is 1. The summed E-state index contributed by atoms with van der Waals surface area (Å²) in [4.78, 5) is 42.3. The lowest BCUT2D eigenvalue weighted by Gasteiger charge is -2.15. The van der Waals surface area contributed by atoms with Crippen LogP contribution in [-0.4, -0.2) is 78.4 Å². The van der Waals surface area contributed by atoms with Gasteiger partial charge in [0.15, 0.2) is 17.2 Å². The van der Waals surface area contributed by atoms with Gasteiger partial charge < -0.3 is 15.2 Å². The van der Waals surface area contributed by atoms with Gasteiger partial charge in [-0.3, -0.25) is 9.52 Å². The van der Waals surface area contributed by atoms with Crippen molar-refractivity contribution in [3.63, 3.8) is 0 Å². The van der Waals surface area contributed by atoms with E-state index in [9.17, 15) is 18.0 Å². The zero-order chi connectivity index (χ0) is 33.3. The van der Waals surface area contributed by atoms with Crippen LogP contribution in [0.5, 0.6) is 11.9 Å². The summed E-state index contributed by atoms with van der Waals surface area (Å²) in [5.74, 6) is -0.441. The Morgan fingerprint density at radius 3 is 2.37 bits per heavy atom. The highest BCUT2D eigenvalue weighted by Gasteiger charge is 2.20. The lowest BCUT2D eigenvalue weighted by atomic mass is 10.1. The third-order valence-electron chi connectivity index (χ3n) is 5.60. The Morgan fingerprint density at radius 1 is 1.00 bits per heavy atom. The van der Waals surface area contributed by atoms with Crippen LogP contribution in [0.15, 0.2) is 63.1 Å². The number of nitrogens with zero attached hydrogens (tertiary/aromatic N) is 9. The van der Waals surface area contributed by atoms with Crippen molar-refractivity contribution in [2.45, 2.75) is 13.3 Å². The van der Waals surface area contributed by atoms with Crippen molar-refractivity contribution < 1.29 is 22.7 Å². The molecule has 46 heavy (non-hydrogen) atoms. The van der Waals surface area contributed by atoms with Crippen molar-refractivity contribution in [2.75, 3.05) is 24.5 Å². The minimum atomic E-state index is -3.82. The summed E-state index contributed by atoms with van der Waals surface area (Å²) in [6.45, 7) is 2.45. The Labute approximate surface area is 278 Å². The zero-order valence-electron chi connectivity index (χ0n) is 24.2. The molecule has 0 unspecified atom stereocenters. The molecule has 0 bridgehead atoms. The number of benzene rings is 1. The van der Waals surface area contributed by atoms with Crippen LogP contribution >= 0.6 is 31.9 Å². The molecular formula is C25H26Br2N12O6S. The summed E-state index contributed by atoms with van der Waals surface area (Å²) in [5.41, 5.74) is 5.68. The number of ether oxygens (including phenoxy) is 2. The molecule has 4 aromatic heterocycles. The minimum absolute atomic E-state index is 0.0600. The summed E-state index contributed by atoms with van der Waals surface area (Å²) in [6, 6.07) is 7.47. The molecule has 18 nitrogen and oxygen atoms in total. The topological polar surface area (TPSA) is 236 Å². The van der Waals surface area contributed by atoms with Gasteiger partial charge in [0.2, 0.25) is 5.88 Å². The Bertz CT molecular complexity index is 1970. The molecule has 0 aliphatic heterocycles. The van der Waals surface area contributed by atoms with Gasteiger partial charge in [0.05, 0.1) is 10.0 Å². The van der Waals surface area contributed by atoms with E-state index in [1.807, 2.05) is 19.1 Å². The number of aryl methyl sites for hydroxylation is 1. The fraction of sp³-hybridized carbons (Fsp3) is 0.240. The van der Waals surface area contributed by atoms with Crippen molar-refractivity contribution >= 4 is 59.4 Å². The highest BCUT2D eigenvalue weighted by atomic mass is 79.9. The first-order valence-electron chi connectivity index (χ1n) is 13.2. The maximum absolute atomic E-state index is 12.4. The van der Waals surface area contributed by atoms with Crippen LogP contribution < -0.4 is 30.3 Å². The minimum Gasteiger partial charge on any atom is -0.473 e. The van der Waals surface area contributed by atoms with E-state index in [0.29, 0.717) is 24.1 Å². The first-order valence-corrected chi connectivity index (χ1v) is 16.2. The van der Waals surface area contributed by atoms with Gasteiger partial charge in [-0.05, 0) is 40.0 Å². The van der Waals surface area contributed by atoms with Crippen molar-refractivity contribution in [1.29, 1.82) is 0 Å². The van der Waals surface area contributed by atoms with Crippen molar-refractivity contribution in [3.05, 3.63) is 74.4 Å². The standard InChI is InChI=1S/C19H20Br2N6O4S.C6H6N6O2/c1-2-7-26-32(28,29)27-17-16(13-3-5-14(20)6-4-13)18(25-12-24-17)30-8-9-31-19-22-10-15(21)11-23-19;1-11-6(14)12-2-8-3(4(7)13)5(12)9-10-11/h3-6,10-12,26H,2,7-9H2,1H3,(H,24,25,27);2H,1H3,(H2,7,13). The fourth-order valence-electron chi connectivity index (χ4n) is 3.53. The van der Waals surface area contributed by atoms with Gasteiger partial charge in [-0.15, -0.1) is 5.10 Å². The molecule has 0 atom stereocenters. The van der Waals surface area contributed by atoms with E-state index in [1.165, 1.54) is 19.7 Å². The summed E-state index contributed by atoms with van der Waals surface area (Å²) < 4.78 is 44.7. The number of carbonyl (C=O) groups is 1. The van der Waals surface area contributed by atoms with Crippen molar-refractivity contribution in [1.82, 2.24) is 49.0 Å². The van der Waals surface area contributed by atoms with E-state index in [0.717, 1.165) is 18.0 Å². The van der Waals surface area contributed by atoms with Crippen molar-refractivity contribution in [2.24, 2.45) is 12.8 Å². The van der Waals surface area contributed by atoms with Crippen molar-refractivity contribution in [3.8, 4) is 23.0 Å². The SMILES string of the molecule is CCCNS(=O)(=O)Nc1ncnc(OCCOc2ncc(Br)cn2)c1-c1ccc(Br)cc1.Cn1nnc2c(C(N)=O)ncn2c1=O. The van der Waals surface area contributed by atoms with Gasteiger partial charge in [-0.2, -0.15) is 17.8 Å². The maximum Gasteiger partial charge on any atom is 0.352 e. The van der Waals surface area contributed by atoms with Gasteiger partial charge in [-0.25, -0.2) is 34.1 Å². The molecule has 5 rings (SSSR count). The molecule has 242 valence electrons. The van der Waals surface area contributed by atoms with Crippen LogP contribution in [0.2, 0.25) is 0 Å². The van der Waals surface area contributed by atoms with E-state index in [4.69, 9.17) is 15.2 Å². The van der Waals surface area contributed by atoms with Crippen LogP contribution in [0, 0.1) is 0 Å². The summed E-state index contributed by atoms with van der Waals surface area (Å²) in [5, 5.41) is 7.14. The van der Waals surface area contributed by atoms with Crippen LogP contribution in [0.25, 0.3) is 16.8 Å². The quantitative estimate of drug-likeness (QED) is 0.152. The van der Waals surface area contributed by atoms with E-state index in [-0.39, 0.29) is 42.3 Å². The van der Waals surface area contributed by atoms with E-state index in [1.54, 1.807) is 24.5 Å². The monoisotopic (exact) mass is 780 g/mol. The average molecular weight is 782 g/mol. The number of fused-ring (bicyclic) bond motifs is 1. The fourth-order valence-corrected chi connectivity index (χ4v) is 4.96. The zero-order valence-corrected chi connectivity index (χ0v) is 28.2. The lowest BCUT2D eigenvalue weighted by Crippen LogP contribution is -2.31. The van der Waals surface area contributed by atoms with Gasteiger partial charge >= 0.3 is 11.7 Å². The third kappa shape index (κ3) is 8.99. The summed E-state index contributed by atoms with van der Waals surface area (Å²) in [7, 11) is -2.37. The molecule has 0 aliphatic carbocycles. The lowest BCUT2D eigenvalue weighted by molar-refractivity contribution is 0.0997. The second kappa shape index (κ2) is 15.6. The second-order valence-corrected chi connectivity index (χ2v) is 12.3. The molecule has 0 fully saturated rings. The Hall–Kier alpha value is -4.60. The van der Waals surface area contributed by atoms with E-state index in [2.05, 4.69) is 76.5 Å². The number of anilines is 1. The van der Waals surface area contributed by atoms with Crippen LogP contribution in [-0.2, 0) is 17.3 Å². The average Bonchev–Trinajstić information content (AvgIpc) is 3.47. The highest BCUT2D eigenvalue weighted by Crippen LogP contribution is 2.35. The van der Waals surface area contributed by atoms with Gasteiger partial charge in [0.25, 0.3) is 16.1 Å². The third-order valence-corrected chi connectivity index (χ3v) is 7.59. The van der Waals surface area contributed by atoms with Gasteiger partial charge in [0, 0.05) is 30.5 Å². The molecule has 0 radical (unpaired) electrons. The van der Waals surface area contributed by atoms with Gasteiger partial charge in [-0.1, -0.05) is 40.2 Å². The molecule has 1 aromatic carbocycles. The number of carbonyl (C=O) groups excluding carboxylic acids is 1. The molecule has 0 saturated carbocycles. The number of rotatable bonds is 12. The number of halogens is 2. The molecular weight excluding hydrogens is 756 g/mol. The van der Waals surface area contributed by atoms with Crippen LogP contribution in [0.1, 0.15) is 23.8 Å². The Kier molecular flexibility index (Phi) is 11.6. The maximum atomic E-state index is 12.4. The molecule has 0 saturated heterocycles. The van der Waals surface area contributed by atoms with Crippen LogP contribution in [0.4, 0.5) is 5.82 Å². The first-order chi connectivity index (χ1) is 22.0. The largest absolute Gasteiger partial charge is 0.473 e. The smallest absolute Gasteiger partial charge is 0.352 e. The van der Waals surface area contributed by atoms with Gasteiger partial charge in [0.1, 0.15) is 25.9 Å². The predicted molar refractivity (Wildman–Crippen MR) is 171 cm³/mol. The number of nitrogens with one attached hydrogen (secondary N) is 2. The number of amides is 1. The summed E-state index contributed by atoms with van der Waals surface area (Å²) in [6.07, 6.45) is 6.22. The number of hydrogen-bond acceptors (Lipinski definition) is 13. The Balaban J connectivity index is 0.000000284. The van der Waals surface area contributed by atoms with E-state index >= 15 is 0 Å². The molecule has 5 aromatic rings. The number of nitrogens with two attached hydrogens (primary N) is 1. The van der Waals surface area contributed by atoms with Crippen LogP contribution in [0.3, 0.4) is 0 Å². The highest BCUT2D eigenvalue weighted by molar-refractivity contribution is 9.10. The molecule has 1 amide bonds.